The quantitative estimate of drug-likeness (QED) is 0.648. The third-order valence-electron chi connectivity index (χ3n) is 2.41. The predicted octanol–water partition coefficient (Wildman–Crippen LogP) is 2.09. The summed E-state index contributed by atoms with van der Waals surface area (Å²) in [6.45, 7) is 6.00. The molecule has 0 aliphatic heterocycles. The highest BCUT2D eigenvalue weighted by Gasteiger charge is 1.95. The summed E-state index contributed by atoms with van der Waals surface area (Å²) in [7, 11) is 1.65. The molecular weight excluding hydrogens is 230 g/mol. The highest BCUT2D eigenvalue weighted by atomic mass is 16.5. The molecule has 0 bridgehead atoms. The standard InChI is InChI=1S/C14H23NO3/c1-3-8-15-9-10-17-11-12-18-14-6-4-13(16-2)5-7-14/h4-7,15H,3,8-12H2,1-2H3. The Hall–Kier alpha value is -1.26. The van der Waals surface area contributed by atoms with E-state index in [2.05, 4.69) is 12.2 Å². The van der Waals surface area contributed by atoms with Gasteiger partial charge in [-0.15, -0.1) is 0 Å². The Balaban J connectivity index is 2.00. The van der Waals surface area contributed by atoms with Crippen LogP contribution >= 0.6 is 0 Å². The molecule has 1 aromatic rings. The van der Waals surface area contributed by atoms with Crippen LogP contribution in [0.2, 0.25) is 0 Å². The monoisotopic (exact) mass is 253 g/mol. The largest absolute Gasteiger partial charge is 0.497 e. The van der Waals surface area contributed by atoms with Crippen molar-refractivity contribution in [3.8, 4) is 11.5 Å². The van der Waals surface area contributed by atoms with Gasteiger partial charge in [0, 0.05) is 6.54 Å². The second-order valence-corrected chi connectivity index (χ2v) is 3.89. The molecule has 0 atom stereocenters. The van der Waals surface area contributed by atoms with E-state index < -0.39 is 0 Å². The fourth-order valence-electron chi connectivity index (χ4n) is 1.44. The molecular formula is C14H23NO3. The molecule has 0 radical (unpaired) electrons. The minimum atomic E-state index is 0.570. The number of hydrogen-bond donors (Lipinski definition) is 1. The highest BCUT2D eigenvalue weighted by molar-refractivity contribution is 5.31. The number of nitrogens with one attached hydrogen (secondary N) is 1. The first kappa shape index (κ1) is 14.8. The molecule has 1 rings (SSSR count). The Labute approximate surface area is 109 Å². The first-order valence-corrected chi connectivity index (χ1v) is 6.42. The maximum Gasteiger partial charge on any atom is 0.119 e. The Kier molecular flexibility index (Phi) is 8.01. The van der Waals surface area contributed by atoms with Crippen LogP contribution in [0.3, 0.4) is 0 Å². The normalized spacial score (nSPS) is 10.3. The van der Waals surface area contributed by atoms with Gasteiger partial charge in [0.25, 0.3) is 0 Å². The topological polar surface area (TPSA) is 39.7 Å². The van der Waals surface area contributed by atoms with E-state index in [0.717, 1.165) is 37.6 Å². The maximum absolute atomic E-state index is 5.53. The molecule has 4 nitrogen and oxygen atoms in total. The van der Waals surface area contributed by atoms with Crippen molar-refractivity contribution in [2.75, 3.05) is 40.0 Å². The zero-order valence-electron chi connectivity index (χ0n) is 11.3. The summed E-state index contributed by atoms with van der Waals surface area (Å²) in [6.07, 6.45) is 1.15. The Morgan fingerprint density at radius 2 is 1.67 bits per heavy atom. The lowest BCUT2D eigenvalue weighted by Crippen LogP contribution is -2.21. The van der Waals surface area contributed by atoms with Crippen molar-refractivity contribution in [3.63, 3.8) is 0 Å². The van der Waals surface area contributed by atoms with Gasteiger partial charge in [0.15, 0.2) is 0 Å². The molecule has 0 aliphatic rings. The van der Waals surface area contributed by atoms with Crippen molar-refractivity contribution in [1.82, 2.24) is 5.32 Å². The molecule has 18 heavy (non-hydrogen) atoms. The summed E-state index contributed by atoms with van der Waals surface area (Å²) in [5.41, 5.74) is 0. The van der Waals surface area contributed by atoms with Crippen molar-refractivity contribution in [3.05, 3.63) is 24.3 Å². The molecule has 0 unspecified atom stereocenters. The number of methoxy groups -OCH3 is 1. The van der Waals surface area contributed by atoms with E-state index in [1.165, 1.54) is 0 Å². The fourth-order valence-corrected chi connectivity index (χ4v) is 1.44. The third kappa shape index (κ3) is 6.47. The van der Waals surface area contributed by atoms with Gasteiger partial charge in [-0.25, -0.2) is 0 Å². The van der Waals surface area contributed by atoms with Crippen LogP contribution in [0.15, 0.2) is 24.3 Å². The van der Waals surface area contributed by atoms with Crippen LogP contribution in [0, 0.1) is 0 Å². The molecule has 0 aliphatic carbocycles. The Morgan fingerprint density at radius 1 is 0.944 bits per heavy atom. The van der Waals surface area contributed by atoms with Gasteiger partial charge >= 0.3 is 0 Å². The minimum Gasteiger partial charge on any atom is -0.497 e. The zero-order chi connectivity index (χ0) is 13.1. The van der Waals surface area contributed by atoms with E-state index in [1.807, 2.05) is 24.3 Å². The smallest absolute Gasteiger partial charge is 0.119 e. The van der Waals surface area contributed by atoms with Gasteiger partial charge in [-0.3, -0.25) is 0 Å². The Bertz CT molecular complexity index is 300. The van der Waals surface area contributed by atoms with Crippen LogP contribution in [0.1, 0.15) is 13.3 Å². The van der Waals surface area contributed by atoms with Gasteiger partial charge in [-0.2, -0.15) is 0 Å². The minimum absolute atomic E-state index is 0.570. The lowest BCUT2D eigenvalue weighted by atomic mass is 10.3. The third-order valence-corrected chi connectivity index (χ3v) is 2.41. The van der Waals surface area contributed by atoms with E-state index in [0.29, 0.717) is 13.2 Å². The summed E-state index contributed by atoms with van der Waals surface area (Å²) < 4.78 is 16.0. The van der Waals surface area contributed by atoms with Crippen LogP contribution in [-0.4, -0.2) is 40.0 Å². The van der Waals surface area contributed by atoms with Gasteiger partial charge in [-0.05, 0) is 37.2 Å². The van der Waals surface area contributed by atoms with E-state index in [1.54, 1.807) is 7.11 Å². The van der Waals surface area contributed by atoms with E-state index in [9.17, 15) is 0 Å². The molecule has 4 heteroatoms. The average molecular weight is 253 g/mol. The summed E-state index contributed by atoms with van der Waals surface area (Å²) in [4.78, 5) is 0. The van der Waals surface area contributed by atoms with Crippen molar-refractivity contribution in [2.24, 2.45) is 0 Å². The SMILES string of the molecule is CCCNCCOCCOc1ccc(OC)cc1. The zero-order valence-corrected chi connectivity index (χ0v) is 11.3. The maximum atomic E-state index is 5.53. The summed E-state index contributed by atoms with van der Waals surface area (Å²) >= 11 is 0. The summed E-state index contributed by atoms with van der Waals surface area (Å²) in [5.74, 6) is 1.67. The van der Waals surface area contributed by atoms with Crippen LogP contribution in [-0.2, 0) is 4.74 Å². The van der Waals surface area contributed by atoms with E-state index >= 15 is 0 Å². The van der Waals surface area contributed by atoms with Crippen molar-refractivity contribution in [1.29, 1.82) is 0 Å². The highest BCUT2D eigenvalue weighted by Crippen LogP contribution is 2.16. The molecule has 0 heterocycles. The molecule has 1 N–H and O–H groups in total. The fraction of sp³-hybridized carbons (Fsp3) is 0.571. The molecule has 0 fully saturated rings. The van der Waals surface area contributed by atoms with Gasteiger partial charge in [0.1, 0.15) is 18.1 Å². The molecule has 0 amide bonds. The number of rotatable bonds is 10. The number of ether oxygens (including phenoxy) is 3. The molecule has 0 saturated heterocycles. The lowest BCUT2D eigenvalue weighted by Gasteiger charge is -2.08. The predicted molar refractivity (Wildman–Crippen MR) is 72.5 cm³/mol. The average Bonchev–Trinajstić information content (AvgIpc) is 2.42. The molecule has 1 aromatic carbocycles. The lowest BCUT2D eigenvalue weighted by molar-refractivity contribution is 0.102. The molecule has 0 saturated carbocycles. The van der Waals surface area contributed by atoms with Crippen LogP contribution < -0.4 is 14.8 Å². The van der Waals surface area contributed by atoms with Gasteiger partial charge < -0.3 is 19.5 Å². The van der Waals surface area contributed by atoms with Crippen molar-refractivity contribution < 1.29 is 14.2 Å². The molecule has 0 spiro atoms. The second kappa shape index (κ2) is 9.74. The summed E-state index contributed by atoms with van der Waals surface area (Å²) in [6, 6.07) is 7.54. The van der Waals surface area contributed by atoms with Crippen LogP contribution in [0.25, 0.3) is 0 Å². The van der Waals surface area contributed by atoms with Gasteiger partial charge in [-0.1, -0.05) is 6.92 Å². The first-order chi connectivity index (χ1) is 8.86. The van der Waals surface area contributed by atoms with E-state index in [-0.39, 0.29) is 0 Å². The Morgan fingerprint density at radius 3 is 2.33 bits per heavy atom. The second-order valence-electron chi connectivity index (χ2n) is 3.89. The van der Waals surface area contributed by atoms with Gasteiger partial charge in [0.2, 0.25) is 0 Å². The molecule has 102 valence electrons. The van der Waals surface area contributed by atoms with E-state index in [4.69, 9.17) is 14.2 Å². The van der Waals surface area contributed by atoms with Crippen LogP contribution in [0.4, 0.5) is 0 Å². The van der Waals surface area contributed by atoms with Gasteiger partial charge in [0.05, 0.1) is 20.3 Å². The van der Waals surface area contributed by atoms with Crippen LogP contribution in [0.5, 0.6) is 11.5 Å². The van der Waals surface area contributed by atoms with Crippen molar-refractivity contribution >= 4 is 0 Å². The van der Waals surface area contributed by atoms with Crippen molar-refractivity contribution in [2.45, 2.75) is 13.3 Å². The first-order valence-electron chi connectivity index (χ1n) is 6.42. The molecule has 0 aromatic heterocycles. The number of hydrogen-bond acceptors (Lipinski definition) is 4. The number of benzene rings is 1. The summed E-state index contributed by atoms with van der Waals surface area (Å²) in [5, 5.41) is 3.28.